The van der Waals surface area contributed by atoms with E-state index in [1.54, 1.807) is 0 Å². The second kappa shape index (κ2) is 8.66. The van der Waals surface area contributed by atoms with Gasteiger partial charge in [-0.2, -0.15) is 0 Å². The van der Waals surface area contributed by atoms with Crippen LogP contribution in [0.4, 0.5) is 0 Å². The molecular weight excluding hydrogens is 370 g/mol. The van der Waals surface area contributed by atoms with E-state index in [1.807, 2.05) is 30.3 Å². The molecule has 0 amide bonds. The van der Waals surface area contributed by atoms with Crippen LogP contribution >= 0.6 is 0 Å². The van der Waals surface area contributed by atoms with Crippen LogP contribution in [0.25, 0.3) is 10.9 Å². The van der Waals surface area contributed by atoms with Crippen LogP contribution in [0.3, 0.4) is 0 Å². The molecule has 0 saturated heterocycles. The number of hydrogen-bond donors (Lipinski definition) is 0. The number of nitrogens with zero attached hydrogens (tertiary/aromatic N) is 1. The van der Waals surface area contributed by atoms with Gasteiger partial charge in [-0.25, -0.2) is 0 Å². The van der Waals surface area contributed by atoms with E-state index in [1.165, 1.54) is 11.1 Å². The largest absolute Gasteiger partial charge is 0.492 e. The van der Waals surface area contributed by atoms with Crippen molar-refractivity contribution in [3.63, 3.8) is 0 Å². The molecule has 1 heterocycles. The topological polar surface area (TPSA) is 23.4 Å². The first-order valence-corrected chi connectivity index (χ1v) is 10.5. The van der Waals surface area contributed by atoms with Gasteiger partial charge in [0.05, 0.1) is 12.1 Å². The van der Waals surface area contributed by atoms with Crippen molar-refractivity contribution in [1.82, 2.24) is 4.57 Å². The SMILES string of the molecule is CC(C)(C)c1ccc(OCCn2ccc3c(OCc4ccccc4)cccc32)cc1. The second-order valence-electron chi connectivity index (χ2n) is 8.60. The molecule has 4 aromatic rings. The van der Waals surface area contributed by atoms with E-state index in [4.69, 9.17) is 9.47 Å². The van der Waals surface area contributed by atoms with Crippen LogP contribution in [0.15, 0.2) is 85.1 Å². The minimum atomic E-state index is 0.156. The van der Waals surface area contributed by atoms with Gasteiger partial charge in [0.25, 0.3) is 0 Å². The minimum Gasteiger partial charge on any atom is -0.492 e. The zero-order valence-electron chi connectivity index (χ0n) is 18.0. The predicted octanol–water partition coefficient (Wildman–Crippen LogP) is 6.60. The van der Waals surface area contributed by atoms with Crippen molar-refractivity contribution >= 4 is 10.9 Å². The number of fused-ring (bicyclic) bond motifs is 1. The normalized spacial score (nSPS) is 11.6. The molecule has 3 nitrogen and oxygen atoms in total. The Labute approximate surface area is 178 Å². The Hall–Kier alpha value is -3.20. The van der Waals surface area contributed by atoms with Crippen LogP contribution in [0.2, 0.25) is 0 Å². The summed E-state index contributed by atoms with van der Waals surface area (Å²) in [5, 5.41) is 1.13. The van der Waals surface area contributed by atoms with Gasteiger partial charge in [-0.1, -0.05) is 69.3 Å². The monoisotopic (exact) mass is 399 g/mol. The zero-order valence-corrected chi connectivity index (χ0v) is 18.0. The maximum atomic E-state index is 6.09. The van der Waals surface area contributed by atoms with E-state index >= 15 is 0 Å². The van der Waals surface area contributed by atoms with Gasteiger partial charge in [-0.05, 0) is 46.9 Å². The summed E-state index contributed by atoms with van der Waals surface area (Å²) in [4.78, 5) is 0. The number of aromatic nitrogens is 1. The van der Waals surface area contributed by atoms with Gasteiger partial charge in [0, 0.05) is 11.6 Å². The third-order valence-corrected chi connectivity index (χ3v) is 5.33. The Morgan fingerprint density at radius 2 is 1.53 bits per heavy atom. The van der Waals surface area contributed by atoms with Crippen LogP contribution < -0.4 is 9.47 Å². The highest BCUT2D eigenvalue weighted by Gasteiger charge is 2.13. The number of ether oxygens (including phenoxy) is 2. The molecule has 0 aliphatic carbocycles. The summed E-state index contributed by atoms with van der Waals surface area (Å²) < 4.78 is 14.3. The smallest absolute Gasteiger partial charge is 0.129 e. The lowest BCUT2D eigenvalue weighted by molar-refractivity contribution is 0.300. The van der Waals surface area contributed by atoms with Crippen LogP contribution in [-0.4, -0.2) is 11.2 Å². The zero-order chi connectivity index (χ0) is 21.0. The lowest BCUT2D eigenvalue weighted by atomic mass is 9.87. The molecule has 3 heteroatoms. The quantitative estimate of drug-likeness (QED) is 0.350. The van der Waals surface area contributed by atoms with E-state index in [2.05, 4.69) is 80.1 Å². The summed E-state index contributed by atoms with van der Waals surface area (Å²) in [6.07, 6.45) is 2.10. The van der Waals surface area contributed by atoms with Gasteiger partial charge in [-0.3, -0.25) is 0 Å². The van der Waals surface area contributed by atoms with E-state index < -0.39 is 0 Å². The summed E-state index contributed by atoms with van der Waals surface area (Å²) in [6.45, 7) is 8.63. The molecule has 0 N–H and O–H groups in total. The van der Waals surface area contributed by atoms with Crippen molar-refractivity contribution in [1.29, 1.82) is 0 Å². The first-order chi connectivity index (χ1) is 14.5. The lowest BCUT2D eigenvalue weighted by Crippen LogP contribution is -2.11. The molecule has 0 bridgehead atoms. The van der Waals surface area contributed by atoms with Crippen LogP contribution in [0.5, 0.6) is 11.5 Å². The van der Waals surface area contributed by atoms with Gasteiger partial charge < -0.3 is 14.0 Å². The molecular formula is C27H29NO2. The summed E-state index contributed by atoms with van der Waals surface area (Å²) >= 11 is 0. The molecule has 0 aliphatic heterocycles. The molecule has 0 saturated carbocycles. The molecule has 154 valence electrons. The molecule has 0 fully saturated rings. The molecule has 0 aliphatic rings. The molecule has 30 heavy (non-hydrogen) atoms. The Morgan fingerprint density at radius 3 is 2.27 bits per heavy atom. The molecule has 1 aromatic heterocycles. The molecule has 0 atom stereocenters. The predicted molar refractivity (Wildman–Crippen MR) is 123 cm³/mol. The fraction of sp³-hybridized carbons (Fsp3) is 0.259. The highest BCUT2D eigenvalue weighted by molar-refractivity contribution is 5.86. The Bertz CT molecular complexity index is 1090. The average molecular weight is 400 g/mol. The van der Waals surface area contributed by atoms with Crippen LogP contribution in [0, 0.1) is 0 Å². The highest BCUT2D eigenvalue weighted by atomic mass is 16.5. The molecule has 4 rings (SSSR count). The summed E-state index contributed by atoms with van der Waals surface area (Å²) in [6, 6.07) is 27.0. The molecule has 3 aromatic carbocycles. The van der Waals surface area contributed by atoms with E-state index in [9.17, 15) is 0 Å². The van der Waals surface area contributed by atoms with E-state index in [0.717, 1.165) is 28.9 Å². The average Bonchev–Trinajstić information content (AvgIpc) is 3.16. The maximum Gasteiger partial charge on any atom is 0.129 e. The van der Waals surface area contributed by atoms with E-state index in [-0.39, 0.29) is 5.41 Å². The third kappa shape index (κ3) is 4.68. The first-order valence-electron chi connectivity index (χ1n) is 10.5. The Morgan fingerprint density at radius 1 is 0.767 bits per heavy atom. The van der Waals surface area contributed by atoms with Crippen molar-refractivity contribution < 1.29 is 9.47 Å². The minimum absolute atomic E-state index is 0.156. The maximum absolute atomic E-state index is 6.09. The molecule has 0 spiro atoms. The fourth-order valence-electron chi connectivity index (χ4n) is 3.56. The van der Waals surface area contributed by atoms with Crippen molar-refractivity contribution in [2.24, 2.45) is 0 Å². The molecule has 0 unspecified atom stereocenters. The van der Waals surface area contributed by atoms with Crippen molar-refractivity contribution in [3.8, 4) is 11.5 Å². The number of hydrogen-bond acceptors (Lipinski definition) is 2. The standard InChI is InChI=1S/C27H29NO2/c1-27(2,3)22-12-14-23(15-13-22)29-19-18-28-17-16-24-25(28)10-7-11-26(24)30-20-21-8-5-4-6-9-21/h4-17H,18-20H2,1-3H3. The lowest BCUT2D eigenvalue weighted by Gasteiger charge is -2.19. The third-order valence-electron chi connectivity index (χ3n) is 5.33. The van der Waals surface area contributed by atoms with Gasteiger partial charge in [-0.15, -0.1) is 0 Å². The van der Waals surface area contributed by atoms with Gasteiger partial charge in [0.1, 0.15) is 24.7 Å². The number of benzene rings is 3. The van der Waals surface area contributed by atoms with Gasteiger partial charge in [0.15, 0.2) is 0 Å². The summed E-state index contributed by atoms with van der Waals surface area (Å²) in [5.74, 6) is 1.82. The first kappa shape index (κ1) is 20.1. The Balaban J connectivity index is 1.39. The summed E-state index contributed by atoms with van der Waals surface area (Å²) in [7, 11) is 0. The van der Waals surface area contributed by atoms with E-state index in [0.29, 0.717) is 13.2 Å². The van der Waals surface area contributed by atoms with Crippen molar-refractivity contribution in [2.45, 2.75) is 39.3 Å². The molecule has 0 radical (unpaired) electrons. The van der Waals surface area contributed by atoms with Gasteiger partial charge in [0.2, 0.25) is 0 Å². The van der Waals surface area contributed by atoms with Crippen molar-refractivity contribution in [2.75, 3.05) is 6.61 Å². The van der Waals surface area contributed by atoms with Crippen LogP contribution in [-0.2, 0) is 18.6 Å². The summed E-state index contributed by atoms with van der Waals surface area (Å²) in [5.41, 5.74) is 3.80. The Kier molecular flexibility index (Phi) is 5.80. The van der Waals surface area contributed by atoms with Crippen molar-refractivity contribution in [3.05, 3.63) is 96.2 Å². The fourth-order valence-corrected chi connectivity index (χ4v) is 3.56. The number of rotatable bonds is 7. The van der Waals surface area contributed by atoms with Gasteiger partial charge >= 0.3 is 0 Å². The highest BCUT2D eigenvalue weighted by Crippen LogP contribution is 2.28. The second-order valence-corrected chi connectivity index (χ2v) is 8.60. The van der Waals surface area contributed by atoms with Crippen LogP contribution in [0.1, 0.15) is 31.9 Å².